The number of hydrogen-bond donors (Lipinski definition) is 3. The Hall–Kier alpha value is -3.85. The van der Waals surface area contributed by atoms with Crippen molar-refractivity contribution in [2.45, 2.75) is 0 Å². The fraction of sp³-hybridized carbons (Fsp3) is 0.174. The summed E-state index contributed by atoms with van der Waals surface area (Å²) in [5.41, 5.74) is 0.983. The SMILES string of the molecule is COc1ccccc1OCC(=O)Nc1ccc(C(=O)NCCNC(=O)c2cccs2)cc1. The molecule has 9 heteroatoms. The lowest BCUT2D eigenvalue weighted by molar-refractivity contribution is -0.118. The number of para-hydroxylation sites is 2. The van der Waals surface area contributed by atoms with Crippen LogP contribution in [-0.4, -0.2) is 44.5 Å². The Morgan fingerprint density at radius 2 is 1.53 bits per heavy atom. The summed E-state index contributed by atoms with van der Waals surface area (Å²) >= 11 is 1.36. The highest BCUT2D eigenvalue weighted by atomic mass is 32.1. The van der Waals surface area contributed by atoms with E-state index in [2.05, 4.69) is 16.0 Å². The smallest absolute Gasteiger partial charge is 0.262 e. The van der Waals surface area contributed by atoms with Crippen molar-refractivity contribution in [1.82, 2.24) is 10.6 Å². The molecule has 0 aliphatic rings. The number of ether oxygens (including phenoxy) is 2. The Morgan fingerprint density at radius 3 is 2.19 bits per heavy atom. The van der Waals surface area contributed by atoms with Crippen molar-refractivity contribution in [2.24, 2.45) is 0 Å². The molecule has 0 spiro atoms. The van der Waals surface area contributed by atoms with Crippen molar-refractivity contribution in [1.29, 1.82) is 0 Å². The first kappa shape index (κ1) is 22.8. The third-order valence-corrected chi connectivity index (χ3v) is 5.17. The number of amides is 3. The minimum atomic E-state index is -0.338. The molecule has 0 saturated heterocycles. The van der Waals surface area contributed by atoms with Crippen LogP contribution in [0.5, 0.6) is 11.5 Å². The van der Waals surface area contributed by atoms with Gasteiger partial charge in [0.25, 0.3) is 17.7 Å². The molecule has 2 aromatic carbocycles. The maximum absolute atomic E-state index is 12.2. The third-order valence-electron chi connectivity index (χ3n) is 4.30. The van der Waals surface area contributed by atoms with Gasteiger partial charge < -0.3 is 25.4 Å². The number of carbonyl (C=O) groups excluding carboxylic acids is 3. The van der Waals surface area contributed by atoms with Crippen molar-refractivity contribution >= 4 is 34.7 Å². The molecule has 0 saturated carbocycles. The summed E-state index contributed by atoms with van der Waals surface area (Å²) in [6.07, 6.45) is 0. The number of benzene rings is 2. The van der Waals surface area contributed by atoms with E-state index < -0.39 is 0 Å². The van der Waals surface area contributed by atoms with E-state index in [-0.39, 0.29) is 24.3 Å². The monoisotopic (exact) mass is 453 g/mol. The van der Waals surface area contributed by atoms with Crippen LogP contribution in [0.2, 0.25) is 0 Å². The number of carbonyl (C=O) groups is 3. The van der Waals surface area contributed by atoms with E-state index in [1.807, 2.05) is 11.4 Å². The summed E-state index contributed by atoms with van der Waals surface area (Å²) in [5.74, 6) is 0.247. The second kappa shape index (κ2) is 11.5. The Morgan fingerprint density at radius 1 is 0.844 bits per heavy atom. The molecular weight excluding hydrogens is 430 g/mol. The first-order chi connectivity index (χ1) is 15.6. The number of anilines is 1. The third kappa shape index (κ3) is 6.58. The lowest BCUT2D eigenvalue weighted by atomic mass is 10.2. The minimum absolute atomic E-state index is 0.163. The van der Waals surface area contributed by atoms with Crippen LogP contribution in [0.25, 0.3) is 0 Å². The Bertz CT molecular complexity index is 1050. The molecule has 0 bridgehead atoms. The van der Waals surface area contributed by atoms with Crippen LogP contribution in [0.3, 0.4) is 0 Å². The molecule has 0 unspecified atom stereocenters. The molecule has 166 valence electrons. The summed E-state index contributed by atoms with van der Waals surface area (Å²) in [5, 5.41) is 10.0. The van der Waals surface area contributed by atoms with Crippen LogP contribution in [-0.2, 0) is 4.79 Å². The lowest BCUT2D eigenvalue weighted by Gasteiger charge is -2.11. The molecule has 3 amide bonds. The highest BCUT2D eigenvalue weighted by Crippen LogP contribution is 2.25. The second-order valence-corrected chi connectivity index (χ2v) is 7.50. The zero-order valence-electron chi connectivity index (χ0n) is 17.4. The largest absolute Gasteiger partial charge is 0.493 e. The van der Waals surface area contributed by atoms with Crippen molar-refractivity contribution in [2.75, 3.05) is 32.1 Å². The molecule has 3 rings (SSSR count). The van der Waals surface area contributed by atoms with Gasteiger partial charge >= 0.3 is 0 Å². The van der Waals surface area contributed by atoms with Crippen LogP contribution in [0.15, 0.2) is 66.0 Å². The number of nitrogens with one attached hydrogen (secondary N) is 3. The van der Waals surface area contributed by atoms with E-state index in [0.717, 1.165) is 0 Å². The van der Waals surface area contributed by atoms with E-state index in [4.69, 9.17) is 9.47 Å². The zero-order valence-corrected chi connectivity index (χ0v) is 18.2. The molecule has 3 N–H and O–H groups in total. The van der Waals surface area contributed by atoms with Gasteiger partial charge in [-0.1, -0.05) is 18.2 Å². The molecule has 8 nitrogen and oxygen atoms in total. The maximum atomic E-state index is 12.2. The van der Waals surface area contributed by atoms with Crippen molar-refractivity contribution in [3.8, 4) is 11.5 Å². The Labute approximate surface area is 189 Å². The molecule has 0 atom stereocenters. The quantitative estimate of drug-likeness (QED) is 0.410. The lowest BCUT2D eigenvalue weighted by Crippen LogP contribution is -2.34. The summed E-state index contributed by atoms with van der Waals surface area (Å²) in [7, 11) is 1.53. The van der Waals surface area contributed by atoms with Gasteiger partial charge in [-0.2, -0.15) is 0 Å². The van der Waals surface area contributed by atoms with Crippen LogP contribution < -0.4 is 25.4 Å². The van der Waals surface area contributed by atoms with Crippen molar-refractivity contribution < 1.29 is 23.9 Å². The number of methoxy groups -OCH3 is 1. The van der Waals surface area contributed by atoms with Gasteiger partial charge in [-0.3, -0.25) is 14.4 Å². The van der Waals surface area contributed by atoms with E-state index >= 15 is 0 Å². The van der Waals surface area contributed by atoms with Gasteiger partial charge in [0.2, 0.25) is 0 Å². The molecule has 0 radical (unpaired) electrons. The minimum Gasteiger partial charge on any atom is -0.493 e. The van der Waals surface area contributed by atoms with E-state index in [9.17, 15) is 14.4 Å². The molecule has 0 fully saturated rings. The van der Waals surface area contributed by atoms with Crippen molar-refractivity contribution in [3.63, 3.8) is 0 Å². The number of hydrogen-bond acceptors (Lipinski definition) is 6. The van der Waals surface area contributed by atoms with E-state index in [0.29, 0.717) is 40.7 Å². The Balaban J connectivity index is 1.40. The van der Waals surface area contributed by atoms with E-state index in [1.165, 1.54) is 18.4 Å². The average molecular weight is 454 g/mol. The van der Waals surface area contributed by atoms with Gasteiger partial charge in [0.05, 0.1) is 12.0 Å². The number of rotatable bonds is 10. The van der Waals surface area contributed by atoms with Crippen LogP contribution >= 0.6 is 11.3 Å². The van der Waals surface area contributed by atoms with Gasteiger partial charge in [-0.15, -0.1) is 11.3 Å². The molecular formula is C23H23N3O5S. The van der Waals surface area contributed by atoms with Gasteiger partial charge in [-0.05, 0) is 47.8 Å². The molecule has 1 heterocycles. The highest BCUT2D eigenvalue weighted by Gasteiger charge is 2.10. The Kier molecular flexibility index (Phi) is 8.22. The first-order valence-corrected chi connectivity index (χ1v) is 10.7. The molecule has 32 heavy (non-hydrogen) atoms. The van der Waals surface area contributed by atoms with Crippen molar-refractivity contribution in [3.05, 3.63) is 76.5 Å². The standard InChI is InChI=1S/C23H23N3O5S/c1-30-18-5-2-3-6-19(18)31-15-21(27)26-17-10-8-16(9-11-17)22(28)24-12-13-25-23(29)20-7-4-14-32-20/h2-11,14H,12-13,15H2,1H3,(H,24,28)(H,25,29)(H,26,27). The predicted octanol–water partition coefficient (Wildman–Crippen LogP) is 2.93. The van der Waals surface area contributed by atoms with Gasteiger partial charge in [0.15, 0.2) is 18.1 Å². The summed E-state index contributed by atoms with van der Waals surface area (Å²) in [4.78, 5) is 36.8. The fourth-order valence-electron chi connectivity index (χ4n) is 2.73. The maximum Gasteiger partial charge on any atom is 0.262 e. The fourth-order valence-corrected chi connectivity index (χ4v) is 3.37. The van der Waals surface area contributed by atoms with Crippen LogP contribution in [0, 0.1) is 0 Å². The summed E-state index contributed by atoms with van der Waals surface area (Å²) < 4.78 is 10.7. The highest BCUT2D eigenvalue weighted by molar-refractivity contribution is 7.12. The van der Waals surface area contributed by atoms with E-state index in [1.54, 1.807) is 54.6 Å². The van der Waals surface area contributed by atoms with Crippen LogP contribution in [0.1, 0.15) is 20.0 Å². The molecule has 0 aliphatic heterocycles. The van der Waals surface area contributed by atoms with Crippen LogP contribution in [0.4, 0.5) is 5.69 Å². The first-order valence-electron chi connectivity index (χ1n) is 9.82. The summed E-state index contributed by atoms with van der Waals surface area (Å²) in [6.45, 7) is 0.442. The summed E-state index contributed by atoms with van der Waals surface area (Å²) in [6, 6.07) is 17.1. The average Bonchev–Trinajstić information content (AvgIpc) is 3.36. The van der Waals surface area contributed by atoms with Gasteiger partial charge in [0.1, 0.15) is 0 Å². The number of thiophene rings is 1. The van der Waals surface area contributed by atoms with Gasteiger partial charge in [-0.25, -0.2) is 0 Å². The molecule has 0 aliphatic carbocycles. The molecule has 1 aromatic heterocycles. The molecule has 3 aromatic rings. The predicted molar refractivity (Wildman–Crippen MR) is 123 cm³/mol. The normalized spacial score (nSPS) is 10.2. The van der Waals surface area contributed by atoms with Gasteiger partial charge in [0, 0.05) is 24.3 Å². The second-order valence-electron chi connectivity index (χ2n) is 6.55. The topological polar surface area (TPSA) is 106 Å². The zero-order chi connectivity index (χ0) is 22.8.